The SMILES string of the molecule is Cc1c(C(=O)NC(CO)c2ccco2)cnn1CCC(C)C. The predicted molar refractivity (Wildman–Crippen MR) is 82.4 cm³/mol. The Morgan fingerprint density at radius 3 is 2.86 bits per heavy atom. The highest BCUT2D eigenvalue weighted by molar-refractivity contribution is 5.95. The molecule has 0 aliphatic carbocycles. The van der Waals surface area contributed by atoms with Crippen molar-refractivity contribution in [2.75, 3.05) is 6.61 Å². The maximum absolute atomic E-state index is 12.4. The van der Waals surface area contributed by atoms with Crippen LogP contribution in [0, 0.1) is 12.8 Å². The zero-order valence-corrected chi connectivity index (χ0v) is 13.2. The van der Waals surface area contributed by atoms with E-state index in [1.165, 1.54) is 6.26 Å². The third-order valence-electron chi connectivity index (χ3n) is 3.64. The molecule has 120 valence electrons. The van der Waals surface area contributed by atoms with Crippen molar-refractivity contribution in [1.29, 1.82) is 0 Å². The minimum Gasteiger partial charge on any atom is -0.467 e. The number of hydrogen-bond acceptors (Lipinski definition) is 4. The fraction of sp³-hybridized carbons (Fsp3) is 0.500. The third kappa shape index (κ3) is 3.76. The van der Waals surface area contributed by atoms with Crippen LogP contribution in [-0.2, 0) is 6.54 Å². The number of nitrogens with zero attached hydrogens (tertiary/aromatic N) is 2. The summed E-state index contributed by atoms with van der Waals surface area (Å²) in [6, 6.07) is 2.89. The molecule has 0 saturated heterocycles. The molecule has 0 bridgehead atoms. The van der Waals surface area contributed by atoms with Crippen LogP contribution < -0.4 is 5.32 Å². The van der Waals surface area contributed by atoms with Crippen molar-refractivity contribution < 1.29 is 14.3 Å². The summed E-state index contributed by atoms with van der Waals surface area (Å²) in [7, 11) is 0. The van der Waals surface area contributed by atoms with Gasteiger partial charge >= 0.3 is 0 Å². The molecule has 0 radical (unpaired) electrons. The Kier molecular flexibility index (Phi) is 5.38. The Morgan fingerprint density at radius 2 is 2.27 bits per heavy atom. The molecule has 0 aliphatic rings. The molecule has 0 aromatic carbocycles. The van der Waals surface area contributed by atoms with Gasteiger partial charge in [-0.05, 0) is 31.4 Å². The first-order chi connectivity index (χ1) is 10.5. The van der Waals surface area contributed by atoms with Gasteiger partial charge in [-0.25, -0.2) is 0 Å². The van der Waals surface area contributed by atoms with Crippen LogP contribution in [0.2, 0.25) is 0 Å². The lowest BCUT2D eigenvalue weighted by atomic mass is 10.1. The number of amides is 1. The van der Waals surface area contributed by atoms with Gasteiger partial charge in [0.2, 0.25) is 0 Å². The number of carbonyl (C=O) groups excluding carboxylic acids is 1. The average molecular weight is 305 g/mol. The fourth-order valence-electron chi connectivity index (χ4n) is 2.21. The van der Waals surface area contributed by atoms with Gasteiger partial charge in [-0.15, -0.1) is 0 Å². The summed E-state index contributed by atoms with van der Waals surface area (Å²) in [6.07, 6.45) is 4.09. The average Bonchev–Trinajstić information content (AvgIpc) is 3.12. The first-order valence-corrected chi connectivity index (χ1v) is 7.50. The minimum atomic E-state index is -0.555. The summed E-state index contributed by atoms with van der Waals surface area (Å²) in [5.41, 5.74) is 1.35. The highest BCUT2D eigenvalue weighted by Crippen LogP contribution is 2.15. The van der Waals surface area contributed by atoms with Crippen LogP contribution in [0.4, 0.5) is 0 Å². The summed E-state index contributed by atoms with van der Waals surface area (Å²) in [5, 5.41) is 16.5. The molecule has 0 saturated carbocycles. The number of aliphatic hydroxyl groups is 1. The molecule has 6 nitrogen and oxygen atoms in total. The number of aryl methyl sites for hydroxylation is 1. The van der Waals surface area contributed by atoms with E-state index in [4.69, 9.17) is 4.42 Å². The number of nitrogens with one attached hydrogen (secondary N) is 1. The van der Waals surface area contributed by atoms with Gasteiger partial charge in [-0.1, -0.05) is 13.8 Å². The van der Waals surface area contributed by atoms with Crippen molar-refractivity contribution >= 4 is 5.91 Å². The Morgan fingerprint density at radius 1 is 1.50 bits per heavy atom. The van der Waals surface area contributed by atoms with E-state index in [0.29, 0.717) is 17.2 Å². The number of carbonyl (C=O) groups is 1. The Bertz CT molecular complexity index is 602. The third-order valence-corrected chi connectivity index (χ3v) is 3.64. The molecule has 2 aromatic rings. The zero-order valence-electron chi connectivity index (χ0n) is 13.2. The van der Waals surface area contributed by atoms with Gasteiger partial charge in [-0.3, -0.25) is 9.48 Å². The summed E-state index contributed by atoms with van der Waals surface area (Å²) in [6.45, 7) is 6.75. The second-order valence-electron chi connectivity index (χ2n) is 5.77. The molecule has 2 aromatic heterocycles. The van der Waals surface area contributed by atoms with Crippen LogP contribution in [0.5, 0.6) is 0 Å². The Balaban J connectivity index is 2.06. The molecule has 2 N–H and O–H groups in total. The molecule has 0 aliphatic heterocycles. The smallest absolute Gasteiger partial charge is 0.255 e. The van der Waals surface area contributed by atoms with E-state index >= 15 is 0 Å². The summed E-state index contributed by atoms with van der Waals surface area (Å²) < 4.78 is 7.07. The molecule has 2 heterocycles. The van der Waals surface area contributed by atoms with Gasteiger partial charge in [0.05, 0.1) is 24.6 Å². The molecule has 2 rings (SSSR count). The van der Waals surface area contributed by atoms with Crippen molar-refractivity contribution in [1.82, 2.24) is 15.1 Å². The second kappa shape index (κ2) is 7.26. The molecule has 0 fully saturated rings. The molecular formula is C16H23N3O3. The normalized spacial score (nSPS) is 12.6. The highest BCUT2D eigenvalue weighted by Gasteiger charge is 2.20. The highest BCUT2D eigenvalue weighted by atomic mass is 16.3. The maximum atomic E-state index is 12.4. The van der Waals surface area contributed by atoms with E-state index in [1.54, 1.807) is 18.3 Å². The maximum Gasteiger partial charge on any atom is 0.255 e. The van der Waals surface area contributed by atoms with Gasteiger partial charge in [0.1, 0.15) is 11.8 Å². The summed E-state index contributed by atoms with van der Waals surface area (Å²) in [4.78, 5) is 12.4. The van der Waals surface area contributed by atoms with Crippen LogP contribution in [0.25, 0.3) is 0 Å². The van der Waals surface area contributed by atoms with Crippen LogP contribution >= 0.6 is 0 Å². The number of rotatable bonds is 7. The predicted octanol–water partition coefficient (Wildman–Crippen LogP) is 2.29. The van der Waals surface area contributed by atoms with E-state index in [9.17, 15) is 9.90 Å². The lowest BCUT2D eigenvalue weighted by Crippen LogP contribution is -2.30. The van der Waals surface area contributed by atoms with E-state index in [0.717, 1.165) is 18.7 Å². The van der Waals surface area contributed by atoms with E-state index in [1.807, 2.05) is 11.6 Å². The van der Waals surface area contributed by atoms with E-state index in [-0.39, 0.29) is 12.5 Å². The standard InChI is InChI=1S/C16H23N3O3/c1-11(2)6-7-19-12(3)13(9-17-19)16(21)18-14(10-20)15-5-4-8-22-15/h4-5,8-9,11,14,20H,6-7,10H2,1-3H3,(H,18,21). The lowest BCUT2D eigenvalue weighted by Gasteiger charge is -2.14. The fourth-order valence-corrected chi connectivity index (χ4v) is 2.21. The van der Waals surface area contributed by atoms with Gasteiger partial charge in [-0.2, -0.15) is 5.10 Å². The Hall–Kier alpha value is -2.08. The molecule has 1 amide bonds. The van der Waals surface area contributed by atoms with Crippen LogP contribution in [-0.4, -0.2) is 27.4 Å². The quantitative estimate of drug-likeness (QED) is 0.822. The zero-order chi connectivity index (χ0) is 16.1. The van der Waals surface area contributed by atoms with Gasteiger partial charge in [0.25, 0.3) is 5.91 Å². The molecular weight excluding hydrogens is 282 g/mol. The molecule has 1 atom stereocenters. The topological polar surface area (TPSA) is 80.3 Å². The summed E-state index contributed by atoms with van der Waals surface area (Å²) >= 11 is 0. The first kappa shape index (κ1) is 16.3. The van der Waals surface area contributed by atoms with Crippen molar-refractivity contribution in [3.05, 3.63) is 41.6 Å². The summed E-state index contributed by atoms with van der Waals surface area (Å²) in [5.74, 6) is 0.850. The van der Waals surface area contributed by atoms with Crippen LogP contribution in [0.15, 0.2) is 29.0 Å². The lowest BCUT2D eigenvalue weighted by molar-refractivity contribution is 0.0906. The van der Waals surface area contributed by atoms with Gasteiger partial charge < -0.3 is 14.8 Å². The van der Waals surface area contributed by atoms with Crippen LogP contribution in [0.1, 0.15) is 48.1 Å². The number of hydrogen-bond donors (Lipinski definition) is 2. The number of furan rings is 1. The van der Waals surface area contributed by atoms with Crippen molar-refractivity contribution in [2.45, 2.75) is 39.8 Å². The molecule has 6 heteroatoms. The molecule has 1 unspecified atom stereocenters. The number of aliphatic hydroxyl groups excluding tert-OH is 1. The van der Waals surface area contributed by atoms with Gasteiger partial charge in [0, 0.05) is 12.2 Å². The molecule has 22 heavy (non-hydrogen) atoms. The molecule has 0 spiro atoms. The minimum absolute atomic E-state index is 0.222. The van der Waals surface area contributed by atoms with Crippen molar-refractivity contribution in [3.63, 3.8) is 0 Å². The van der Waals surface area contributed by atoms with Gasteiger partial charge in [0.15, 0.2) is 0 Å². The van der Waals surface area contributed by atoms with Crippen LogP contribution in [0.3, 0.4) is 0 Å². The van der Waals surface area contributed by atoms with E-state index < -0.39 is 6.04 Å². The number of aromatic nitrogens is 2. The monoisotopic (exact) mass is 305 g/mol. The Labute approximate surface area is 130 Å². The second-order valence-corrected chi connectivity index (χ2v) is 5.77. The van der Waals surface area contributed by atoms with Crippen molar-refractivity contribution in [2.24, 2.45) is 5.92 Å². The first-order valence-electron chi connectivity index (χ1n) is 7.50. The largest absolute Gasteiger partial charge is 0.467 e. The van der Waals surface area contributed by atoms with Crippen molar-refractivity contribution in [3.8, 4) is 0 Å². The van der Waals surface area contributed by atoms with E-state index in [2.05, 4.69) is 24.3 Å².